The van der Waals surface area contributed by atoms with Crippen LogP contribution in [-0.4, -0.2) is 43.1 Å². The molecule has 0 bridgehead atoms. The van der Waals surface area contributed by atoms with Crippen molar-refractivity contribution >= 4 is 23.2 Å². The Morgan fingerprint density at radius 1 is 1.27 bits per heavy atom. The van der Waals surface area contributed by atoms with Crippen LogP contribution in [0.15, 0.2) is 36.7 Å². The average molecular weight is 453 g/mol. The molecule has 0 saturated carbocycles. The highest BCUT2D eigenvalue weighted by Crippen LogP contribution is 2.27. The van der Waals surface area contributed by atoms with Gasteiger partial charge in [0.2, 0.25) is 5.88 Å². The number of nitro groups is 1. The topological polar surface area (TPSA) is 168 Å². The fourth-order valence-electron chi connectivity index (χ4n) is 3.20. The van der Waals surface area contributed by atoms with Gasteiger partial charge in [0.15, 0.2) is 5.69 Å². The van der Waals surface area contributed by atoms with Crippen LogP contribution in [0.3, 0.4) is 0 Å². The van der Waals surface area contributed by atoms with Crippen molar-refractivity contribution in [1.29, 1.82) is 0 Å². The molecule has 12 nitrogen and oxygen atoms in total. The molecule has 3 aromatic rings. The minimum absolute atomic E-state index is 0.0702. The first-order chi connectivity index (χ1) is 15.8. The molecule has 0 unspecified atom stereocenters. The molecule has 2 amide bonds. The Morgan fingerprint density at radius 2 is 2.06 bits per heavy atom. The summed E-state index contributed by atoms with van der Waals surface area (Å²) in [4.78, 5) is 43.9. The van der Waals surface area contributed by atoms with E-state index in [1.165, 1.54) is 0 Å². The predicted molar refractivity (Wildman–Crippen MR) is 118 cm³/mol. The van der Waals surface area contributed by atoms with E-state index in [0.717, 1.165) is 12.3 Å². The first kappa shape index (κ1) is 23.3. The standard InChI is InChI=1S/C21H23N7O5/c1-3-7-16-17(18(19(22)29)26-27(16)12-13-8-5-6-9-23-13)25-20(30)15-10-14(28(31)32)11-24-21(15)33-4-2/h5-6,8-11H,3-4,7,12H2,1-2H3,(H2,22,29)(H,25,30). The summed E-state index contributed by atoms with van der Waals surface area (Å²) in [6.07, 6.45) is 3.82. The summed E-state index contributed by atoms with van der Waals surface area (Å²) >= 11 is 0. The average Bonchev–Trinajstić information content (AvgIpc) is 3.12. The number of hydrogen-bond acceptors (Lipinski definition) is 8. The zero-order valence-corrected chi connectivity index (χ0v) is 18.1. The molecule has 0 aromatic carbocycles. The van der Waals surface area contributed by atoms with Crippen molar-refractivity contribution in [2.24, 2.45) is 5.73 Å². The van der Waals surface area contributed by atoms with Crippen molar-refractivity contribution in [2.75, 3.05) is 11.9 Å². The molecule has 0 saturated heterocycles. The van der Waals surface area contributed by atoms with Gasteiger partial charge >= 0.3 is 0 Å². The lowest BCUT2D eigenvalue weighted by Gasteiger charge is -2.12. The molecule has 3 heterocycles. The van der Waals surface area contributed by atoms with Crippen molar-refractivity contribution in [3.63, 3.8) is 0 Å². The van der Waals surface area contributed by atoms with Crippen molar-refractivity contribution in [3.8, 4) is 5.88 Å². The quantitative estimate of drug-likeness (QED) is 0.348. The number of nitrogens with zero attached hydrogens (tertiary/aromatic N) is 5. The highest BCUT2D eigenvalue weighted by atomic mass is 16.6. The van der Waals surface area contributed by atoms with E-state index in [0.29, 0.717) is 24.2 Å². The Labute approximate surface area is 188 Å². The number of nitrogens with two attached hydrogens (primary N) is 1. The number of ether oxygens (including phenoxy) is 1. The summed E-state index contributed by atoms with van der Waals surface area (Å²) in [6, 6.07) is 6.48. The zero-order valence-electron chi connectivity index (χ0n) is 18.1. The van der Waals surface area contributed by atoms with Gasteiger partial charge in [0.25, 0.3) is 17.5 Å². The van der Waals surface area contributed by atoms with Crippen LogP contribution < -0.4 is 15.8 Å². The third-order valence-corrected chi connectivity index (χ3v) is 4.63. The van der Waals surface area contributed by atoms with Crippen LogP contribution >= 0.6 is 0 Å². The third-order valence-electron chi connectivity index (χ3n) is 4.63. The second kappa shape index (κ2) is 10.3. The molecule has 0 atom stereocenters. The lowest BCUT2D eigenvalue weighted by Crippen LogP contribution is -2.19. The number of carbonyl (C=O) groups is 2. The lowest BCUT2D eigenvalue weighted by atomic mass is 10.1. The maximum Gasteiger partial charge on any atom is 0.288 e. The first-order valence-corrected chi connectivity index (χ1v) is 10.2. The van der Waals surface area contributed by atoms with Gasteiger partial charge in [-0.25, -0.2) is 4.98 Å². The highest BCUT2D eigenvalue weighted by Gasteiger charge is 2.26. The van der Waals surface area contributed by atoms with Gasteiger partial charge in [-0.1, -0.05) is 19.4 Å². The molecule has 12 heteroatoms. The fourth-order valence-corrected chi connectivity index (χ4v) is 3.20. The van der Waals surface area contributed by atoms with Crippen LogP contribution in [0.4, 0.5) is 11.4 Å². The van der Waals surface area contributed by atoms with Crippen LogP contribution in [0.25, 0.3) is 0 Å². The molecule has 3 aromatic heterocycles. The summed E-state index contributed by atoms with van der Waals surface area (Å²) in [6.45, 7) is 4.08. The molecule has 0 spiro atoms. The van der Waals surface area contributed by atoms with Crippen molar-refractivity contribution in [2.45, 2.75) is 33.2 Å². The summed E-state index contributed by atoms with van der Waals surface area (Å²) < 4.78 is 6.92. The van der Waals surface area contributed by atoms with Gasteiger partial charge in [-0.3, -0.25) is 29.4 Å². The maximum absolute atomic E-state index is 13.1. The molecule has 0 aliphatic carbocycles. The van der Waals surface area contributed by atoms with E-state index < -0.39 is 16.7 Å². The van der Waals surface area contributed by atoms with Crippen molar-refractivity contribution < 1.29 is 19.2 Å². The second-order valence-electron chi connectivity index (χ2n) is 6.95. The molecule has 3 rings (SSSR count). The maximum atomic E-state index is 13.1. The van der Waals surface area contributed by atoms with Gasteiger partial charge in [0, 0.05) is 12.3 Å². The number of primary amides is 1. The molecule has 3 N–H and O–H groups in total. The van der Waals surface area contributed by atoms with Crippen molar-refractivity contribution in [3.05, 3.63) is 69.4 Å². The zero-order chi connectivity index (χ0) is 24.0. The minimum atomic E-state index is -0.829. The van der Waals surface area contributed by atoms with E-state index in [-0.39, 0.29) is 41.7 Å². The Hall–Kier alpha value is -4.35. The van der Waals surface area contributed by atoms with E-state index in [1.807, 2.05) is 19.1 Å². The third kappa shape index (κ3) is 5.29. The minimum Gasteiger partial charge on any atom is -0.477 e. The summed E-state index contributed by atoms with van der Waals surface area (Å²) in [5.41, 5.74) is 6.29. The largest absolute Gasteiger partial charge is 0.477 e. The van der Waals surface area contributed by atoms with Crippen LogP contribution in [0.1, 0.15) is 52.5 Å². The molecular formula is C21H23N7O5. The fraction of sp³-hybridized carbons (Fsp3) is 0.286. The monoisotopic (exact) mass is 453 g/mol. The molecule has 33 heavy (non-hydrogen) atoms. The van der Waals surface area contributed by atoms with Gasteiger partial charge in [-0.15, -0.1) is 0 Å². The number of aromatic nitrogens is 4. The number of pyridine rings is 2. The summed E-state index contributed by atoms with van der Waals surface area (Å²) in [7, 11) is 0. The van der Waals surface area contributed by atoms with E-state index in [1.54, 1.807) is 23.9 Å². The summed E-state index contributed by atoms with van der Waals surface area (Å²) in [5, 5.41) is 18.1. The van der Waals surface area contributed by atoms with Crippen molar-refractivity contribution in [1.82, 2.24) is 19.7 Å². The predicted octanol–water partition coefficient (Wildman–Crippen LogP) is 2.33. The lowest BCUT2D eigenvalue weighted by molar-refractivity contribution is -0.385. The number of hydrogen-bond donors (Lipinski definition) is 2. The smallest absolute Gasteiger partial charge is 0.288 e. The van der Waals surface area contributed by atoms with E-state index in [4.69, 9.17) is 10.5 Å². The van der Waals surface area contributed by atoms with E-state index in [9.17, 15) is 19.7 Å². The molecule has 172 valence electrons. The molecule has 0 fully saturated rings. The van der Waals surface area contributed by atoms with Gasteiger partial charge in [0.1, 0.15) is 11.8 Å². The number of amides is 2. The Balaban J connectivity index is 2.05. The van der Waals surface area contributed by atoms with Gasteiger partial charge in [0.05, 0.1) is 35.2 Å². The Kier molecular flexibility index (Phi) is 7.28. The number of anilines is 1. The van der Waals surface area contributed by atoms with Gasteiger partial charge in [-0.05, 0) is 25.5 Å². The molecule has 0 radical (unpaired) electrons. The Bertz CT molecular complexity index is 1180. The number of nitrogens with one attached hydrogen (secondary N) is 1. The Morgan fingerprint density at radius 3 is 2.67 bits per heavy atom. The highest BCUT2D eigenvalue weighted by molar-refractivity contribution is 6.09. The van der Waals surface area contributed by atoms with Gasteiger partial charge in [-0.2, -0.15) is 5.10 Å². The van der Waals surface area contributed by atoms with Crippen LogP contribution in [-0.2, 0) is 13.0 Å². The summed E-state index contributed by atoms with van der Waals surface area (Å²) in [5.74, 6) is -1.64. The normalized spacial score (nSPS) is 10.6. The van der Waals surface area contributed by atoms with E-state index in [2.05, 4.69) is 20.4 Å². The van der Waals surface area contributed by atoms with Crippen LogP contribution in [0, 0.1) is 10.1 Å². The second-order valence-corrected chi connectivity index (χ2v) is 6.95. The van der Waals surface area contributed by atoms with E-state index >= 15 is 0 Å². The molecule has 0 aliphatic heterocycles. The van der Waals surface area contributed by atoms with Crippen LogP contribution in [0.2, 0.25) is 0 Å². The number of rotatable bonds is 10. The SMILES string of the molecule is CCCc1c(NC(=O)c2cc([N+](=O)[O-])cnc2OCC)c(C(N)=O)nn1Cc1ccccn1. The molecule has 0 aliphatic rings. The van der Waals surface area contributed by atoms with Gasteiger partial charge < -0.3 is 15.8 Å². The van der Waals surface area contributed by atoms with Crippen LogP contribution in [0.5, 0.6) is 5.88 Å². The number of carbonyl (C=O) groups excluding carboxylic acids is 2. The first-order valence-electron chi connectivity index (χ1n) is 10.2. The molecular weight excluding hydrogens is 430 g/mol.